The van der Waals surface area contributed by atoms with Gasteiger partial charge in [-0.3, -0.25) is 14.4 Å². The highest BCUT2D eigenvalue weighted by atomic mass is 35.5. The third-order valence-corrected chi connectivity index (χ3v) is 7.73. The second kappa shape index (κ2) is 7.70. The van der Waals surface area contributed by atoms with Crippen LogP contribution in [0, 0.1) is 11.8 Å². The van der Waals surface area contributed by atoms with Crippen LogP contribution in [0.1, 0.15) is 27.5 Å². The summed E-state index contributed by atoms with van der Waals surface area (Å²) >= 11 is 6.04. The molecule has 2 amide bonds. The maximum atomic E-state index is 14.0. The van der Waals surface area contributed by atoms with E-state index in [1.165, 1.54) is 4.90 Å². The van der Waals surface area contributed by atoms with Crippen molar-refractivity contribution >= 4 is 41.0 Å². The number of Topliss-reactive ketones (excluding diaryl/α,β-unsaturated/α-hetero) is 1. The Hall–Kier alpha value is -4.10. The topological polar surface area (TPSA) is 76.1 Å². The quantitative estimate of drug-likeness (QED) is 0.392. The van der Waals surface area contributed by atoms with Crippen molar-refractivity contribution in [2.75, 3.05) is 11.7 Å². The molecule has 0 saturated carbocycles. The van der Waals surface area contributed by atoms with Gasteiger partial charge in [-0.15, -0.1) is 0 Å². The monoisotopic (exact) mass is 498 g/mol. The fraction of sp³-hybridized carbons (Fsp3) is 0.179. The van der Waals surface area contributed by atoms with Crippen molar-refractivity contribution in [2.24, 2.45) is 11.8 Å². The van der Waals surface area contributed by atoms with Gasteiger partial charge in [0.15, 0.2) is 17.3 Å². The van der Waals surface area contributed by atoms with E-state index < -0.39 is 29.8 Å². The van der Waals surface area contributed by atoms with Crippen LogP contribution in [0.4, 0.5) is 5.69 Å². The molecule has 0 spiro atoms. The highest BCUT2D eigenvalue weighted by Gasteiger charge is 2.64. The number of nitrogens with zero attached hydrogens (tertiary/aromatic N) is 2. The lowest BCUT2D eigenvalue weighted by Gasteiger charge is -2.35. The van der Waals surface area contributed by atoms with E-state index in [9.17, 15) is 14.4 Å². The molecule has 0 aliphatic carbocycles. The Morgan fingerprint density at radius 3 is 2.47 bits per heavy atom. The van der Waals surface area contributed by atoms with Crippen molar-refractivity contribution in [3.05, 3.63) is 94.6 Å². The number of hydrogen-bond acceptors (Lipinski definition) is 6. The van der Waals surface area contributed by atoms with Crippen molar-refractivity contribution in [2.45, 2.75) is 12.1 Å². The summed E-state index contributed by atoms with van der Waals surface area (Å²) in [4.78, 5) is 44.9. The maximum Gasteiger partial charge on any atom is 0.240 e. The van der Waals surface area contributed by atoms with Gasteiger partial charge >= 0.3 is 0 Å². The number of imide groups is 1. The third-order valence-electron chi connectivity index (χ3n) is 7.47. The molecular formula is C28H19ClN2O5. The number of rotatable bonds is 3. The molecule has 2 saturated heterocycles. The summed E-state index contributed by atoms with van der Waals surface area (Å²) < 4.78 is 10.8. The minimum atomic E-state index is -0.841. The zero-order valence-electron chi connectivity index (χ0n) is 18.8. The zero-order chi connectivity index (χ0) is 24.6. The number of carbonyl (C=O) groups is 3. The van der Waals surface area contributed by atoms with Gasteiger partial charge in [0.05, 0.1) is 23.6 Å². The van der Waals surface area contributed by atoms with Crippen molar-refractivity contribution in [1.29, 1.82) is 0 Å². The first-order valence-corrected chi connectivity index (χ1v) is 12.0. The van der Waals surface area contributed by atoms with Gasteiger partial charge in [-0.05, 0) is 53.6 Å². The summed E-state index contributed by atoms with van der Waals surface area (Å²) in [6, 6.07) is 18.1. The summed E-state index contributed by atoms with van der Waals surface area (Å²) in [7, 11) is 0. The van der Waals surface area contributed by atoms with Crippen molar-refractivity contribution in [1.82, 2.24) is 4.90 Å². The number of carbonyl (C=O) groups excluding carboxylic acids is 3. The molecule has 36 heavy (non-hydrogen) atoms. The van der Waals surface area contributed by atoms with Gasteiger partial charge in [-0.25, -0.2) is 4.90 Å². The van der Waals surface area contributed by atoms with E-state index in [1.54, 1.807) is 42.5 Å². The lowest BCUT2D eigenvalue weighted by atomic mass is 9.83. The van der Waals surface area contributed by atoms with E-state index in [1.807, 2.05) is 41.4 Å². The van der Waals surface area contributed by atoms with Gasteiger partial charge < -0.3 is 14.4 Å². The van der Waals surface area contributed by atoms with E-state index in [0.29, 0.717) is 27.8 Å². The van der Waals surface area contributed by atoms with Gasteiger partial charge in [0.2, 0.25) is 18.6 Å². The summed E-state index contributed by atoms with van der Waals surface area (Å²) in [6.07, 6.45) is 3.77. The standard InChI is InChI=1S/C28H19ClN2O5/c29-17-7-5-16(6-8-17)26(32)25-23-22(24-19-4-2-1-3-15(19)11-12-30(24)25)27(33)31(28(23)34)18-9-10-20-21(13-18)36-14-35-20/h1-13,22-25H,14H2/t22-,23+,24?,25-/m1/s1. The Morgan fingerprint density at radius 2 is 1.64 bits per heavy atom. The number of ether oxygens (including phenoxy) is 2. The number of anilines is 1. The molecule has 4 aliphatic heterocycles. The fourth-order valence-electron chi connectivity index (χ4n) is 5.92. The van der Waals surface area contributed by atoms with Crippen molar-refractivity contribution < 1.29 is 23.9 Å². The molecule has 3 aromatic rings. The number of hydrogen-bond donors (Lipinski definition) is 0. The van der Waals surface area contributed by atoms with Crippen molar-refractivity contribution in [3.63, 3.8) is 0 Å². The van der Waals surface area contributed by atoms with E-state index in [0.717, 1.165) is 11.1 Å². The number of fused-ring (bicyclic) bond motifs is 6. The smallest absolute Gasteiger partial charge is 0.240 e. The van der Waals surface area contributed by atoms with E-state index in [-0.39, 0.29) is 18.5 Å². The highest BCUT2D eigenvalue weighted by molar-refractivity contribution is 6.30. The minimum Gasteiger partial charge on any atom is -0.454 e. The van der Waals surface area contributed by atoms with Crippen LogP contribution < -0.4 is 14.4 Å². The van der Waals surface area contributed by atoms with Gasteiger partial charge in [0.25, 0.3) is 0 Å². The number of ketones is 1. The van der Waals surface area contributed by atoms with E-state index in [4.69, 9.17) is 21.1 Å². The Balaban J connectivity index is 1.36. The Kier molecular flexibility index (Phi) is 4.53. The molecule has 4 atom stereocenters. The number of amides is 2. The molecule has 0 radical (unpaired) electrons. The molecule has 0 N–H and O–H groups in total. The molecule has 1 unspecified atom stereocenters. The first kappa shape index (κ1) is 21.2. The summed E-state index contributed by atoms with van der Waals surface area (Å²) in [6.45, 7) is 0.0871. The molecule has 2 fully saturated rings. The van der Waals surface area contributed by atoms with E-state index >= 15 is 0 Å². The minimum absolute atomic E-state index is 0.0871. The summed E-state index contributed by atoms with van der Waals surface area (Å²) in [5.41, 5.74) is 2.75. The van der Waals surface area contributed by atoms with Crippen LogP contribution in [-0.4, -0.2) is 35.3 Å². The number of benzene rings is 3. The maximum absolute atomic E-state index is 14.0. The molecule has 8 heteroatoms. The molecule has 7 nitrogen and oxygen atoms in total. The molecule has 4 heterocycles. The van der Waals surface area contributed by atoms with Crippen LogP contribution >= 0.6 is 11.6 Å². The third kappa shape index (κ3) is 2.89. The lowest BCUT2D eigenvalue weighted by molar-refractivity contribution is -0.123. The van der Waals surface area contributed by atoms with Crippen LogP contribution in [-0.2, 0) is 9.59 Å². The normalized spacial score (nSPS) is 25.1. The predicted octanol–water partition coefficient (Wildman–Crippen LogP) is 4.47. The molecule has 0 aromatic heterocycles. The van der Waals surface area contributed by atoms with Gasteiger partial charge in [-0.2, -0.15) is 0 Å². The fourth-order valence-corrected chi connectivity index (χ4v) is 6.05. The second-order valence-electron chi connectivity index (χ2n) is 9.25. The van der Waals surface area contributed by atoms with Gasteiger partial charge in [0, 0.05) is 22.9 Å². The Morgan fingerprint density at radius 1 is 0.889 bits per heavy atom. The van der Waals surface area contributed by atoms with Crippen LogP contribution in [0.3, 0.4) is 0 Å². The van der Waals surface area contributed by atoms with Crippen LogP contribution in [0.2, 0.25) is 5.02 Å². The molecule has 4 aliphatic rings. The average molecular weight is 499 g/mol. The first-order valence-electron chi connectivity index (χ1n) is 11.6. The largest absolute Gasteiger partial charge is 0.454 e. The van der Waals surface area contributed by atoms with Crippen molar-refractivity contribution in [3.8, 4) is 11.5 Å². The molecule has 3 aromatic carbocycles. The molecule has 7 rings (SSSR count). The Labute approximate surface area is 211 Å². The van der Waals surface area contributed by atoms with Crippen LogP contribution in [0.15, 0.2) is 72.9 Å². The zero-order valence-corrected chi connectivity index (χ0v) is 19.6. The van der Waals surface area contributed by atoms with Gasteiger partial charge in [-0.1, -0.05) is 35.9 Å². The average Bonchev–Trinajstić information content (AvgIpc) is 3.57. The summed E-state index contributed by atoms with van der Waals surface area (Å²) in [5, 5.41) is 0.515. The van der Waals surface area contributed by atoms with Crippen LogP contribution in [0.25, 0.3) is 6.08 Å². The molecular weight excluding hydrogens is 480 g/mol. The highest BCUT2D eigenvalue weighted by Crippen LogP contribution is 2.54. The molecule has 0 bridgehead atoms. The summed E-state index contributed by atoms with van der Waals surface area (Å²) in [5.74, 6) is -1.45. The number of halogens is 1. The Bertz CT molecular complexity index is 1480. The SMILES string of the molecule is O=C(c1ccc(Cl)cc1)[C@H]1[C@H]2C(=O)N(c3ccc4c(c3)OCO4)C(=O)[C@H]2C2c3ccccc3C=CN21. The first-order chi connectivity index (χ1) is 17.5. The second-order valence-corrected chi connectivity index (χ2v) is 9.69. The van der Waals surface area contributed by atoms with Crippen LogP contribution in [0.5, 0.6) is 11.5 Å². The molecule has 178 valence electrons. The van der Waals surface area contributed by atoms with E-state index in [2.05, 4.69) is 0 Å². The lowest BCUT2D eigenvalue weighted by Crippen LogP contribution is -2.44. The van der Waals surface area contributed by atoms with Gasteiger partial charge in [0.1, 0.15) is 6.04 Å². The predicted molar refractivity (Wildman–Crippen MR) is 132 cm³/mol.